The fourth-order valence-electron chi connectivity index (χ4n) is 4.78. The minimum atomic E-state index is -4.75. The van der Waals surface area contributed by atoms with E-state index in [2.05, 4.69) is 25.1 Å². The molecule has 0 saturated carbocycles. The number of rotatable bonds is 10. The molecule has 1 fully saturated rings. The van der Waals surface area contributed by atoms with Crippen molar-refractivity contribution in [1.29, 1.82) is 0 Å². The zero-order valence-corrected chi connectivity index (χ0v) is 25.5. The molecule has 0 aliphatic carbocycles. The Labute approximate surface area is 262 Å². The number of hydrogen-bond donors (Lipinski definition) is 1. The van der Waals surface area contributed by atoms with Crippen molar-refractivity contribution in [3.05, 3.63) is 89.7 Å². The molecule has 4 aromatic rings. The first-order valence-electron chi connectivity index (χ1n) is 14.4. The van der Waals surface area contributed by atoms with Crippen molar-refractivity contribution in [2.75, 3.05) is 17.2 Å². The summed E-state index contributed by atoms with van der Waals surface area (Å²) in [6, 6.07) is 18.7. The van der Waals surface area contributed by atoms with E-state index in [0.717, 1.165) is 53.6 Å². The Bertz CT molecular complexity index is 1690. The minimum Gasteiger partial charge on any atom is -0.406 e. The van der Waals surface area contributed by atoms with E-state index in [1.807, 2.05) is 56.3 Å². The van der Waals surface area contributed by atoms with Crippen LogP contribution in [-0.4, -0.2) is 50.5 Å². The van der Waals surface area contributed by atoms with E-state index in [-0.39, 0.29) is 17.4 Å². The highest BCUT2D eigenvalue weighted by molar-refractivity contribution is 8.15. The van der Waals surface area contributed by atoms with Gasteiger partial charge in [0.15, 0.2) is 11.0 Å². The van der Waals surface area contributed by atoms with Crippen molar-refractivity contribution < 1.29 is 27.5 Å². The van der Waals surface area contributed by atoms with E-state index in [4.69, 9.17) is 0 Å². The number of carbonyl (C=O) groups is 2. The van der Waals surface area contributed by atoms with Crippen LogP contribution in [0.4, 0.5) is 23.7 Å². The number of benzene rings is 3. The molecule has 0 atom stereocenters. The van der Waals surface area contributed by atoms with Gasteiger partial charge in [-0.1, -0.05) is 55.1 Å². The van der Waals surface area contributed by atoms with Crippen molar-refractivity contribution in [2.24, 2.45) is 4.99 Å². The zero-order chi connectivity index (χ0) is 32.0. The Hall–Kier alpha value is -4.65. The number of hydrogen-bond acceptors (Lipinski definition) is 6. The van der Waals surface area contributed by atoms with Crippen LogP contribution in [0.25, 0.3) is 17.1 Å². The smallest absolute Gasteiger partial charge is 0.406 e. The summed E-state index contributed by atoms with van der Waals surface area (Å²) in [5.41, 5.74) is 5.30. The van der Waals surface area contributed by atoms with Crippen LogP contribution in [0, 0.1) is 6.92 Å². The van der Waals surface area contributed by atoms with Crippen LogP contribution in [0.15, 0.2) is 78.0 Å². The van der Waals surface area contributed by atoms with E-state index in [0.29, 0.717) is 23.2 Å². The lowest BCUT2D eigenvalue weighted by Gasteiger charge is -2.20. The molecule has 3 aromatic carbocycles. The molecule has 0 radical (unpaired) electrons. The Kier molecular flexibility index (Phi) is 9.87. The molecule has 5 rings (SSSR count). The lowest BCUT2D eigenvalue weighted by Crippen LogP contribution is -2.32. The molecule has 234 valence electrons. The van der Waals surface area contributed by atoms with Gasteiger partial charge in [0.05, 0.1) is 17.1 Å². The molecule has 0 unspecified atom stereocenters. The number of ether oxygens (including phenoxy) is 1. The van der Waals surface area contributed by atoms with Crippen LogP contribution < -0.4 is 15.0 Å². The molecule has 1 aliphatic heterocycles. The summed E-state index contributed by atoms with van der Waals surface area (Å²) in [6.07, 6.45) is -0.0813. The Balaban J connectivity index is 1.09. The lowest BCUT2D eigenvalue weighted by atomic mass is 10.1. The van der Waals surface area contributed by atoms with Crippen LogP contribution in [0.3, 0.4) is 0 Å². The molecule has 2 heterocycles. The quantitative estimate of drug-likeness (QED) is 0.191. The van der Waals surface area contributed by atoms with Gasteiger partial charge in [0.1, 0.15) is 12.1 Å². The highest BCUT2D eigenvalue weighted by Gasteiger charge is 2.32. The molecular formula is C32H31F3N6O3S. The normalized spacial score (nSPS) is 14.3. The van der Waals surface area contributed by atoms with Gasteiger partial charge in [-0.3, -0.25) is 9.69 Å². The summed E-state index contributed by atoms with van der Waals surface area (Å²) >= 11 is 1.27. The molecular weight excluding hydrogens is 605 g/mol. The van der Waals surface area contributed by atoms with E-state index < -0.39 is 12.4 Å². The van der Waals surface area contributed by atoms with Gasteiger partial charge in [0, 0.05) is 12.1 Å². The fraction of sp³-hybridized carbons (Fsp3) is 0.281. The lowest BCUT2D eigenvalue weighted by molar-refractivity contribution is -0.274. The average molecular weight is 637 g/mol. The summed E-state index contributed by atoms with van der Waals surface area (Å²) < 4.78 is 42.6. The second-order valence-electron chi connectivity index (χ2n) is 10.3. The highest BCUT2D eigenvalue weighted by atomic mass is 32.2. The number of alkyl halides is 3. The number of carbonyl (C=O) groups excluding carboxylic acids is 2. The van der Waals surface area contributed by atoms with Crippen LogP contribution in [-0.2, 0) is 17.6 Å². The van der Waals surface area contributed by atoms with E-state index in [9.17, 15) is 22.8 Å². The van der Waals surface area contributed by atoms with Gasteiger partial charge in [-0.05, 0) is 79.6 Å². The summed E-state index contributed by atoms with van der Waals surface area (Å²) in [4.78, 5) is 35.3. The molecule has 3 amide bonds. The van der Waals surface area contributed by atoms with Gasteiger partial charge < -0.3 is 10.1 Å². The third kappa shape index (κ3) is 8.29. The number of unbranched alkanes of at least 4 members (excludes halogenated alkanes) is 1. The van der Waals surface area contributed by atoms with E-state index in [1.54, 1.807) is 4.90 Å². The maximum absolute atomic E-state index is 12.6. The maximum atomic E-state index is 12.6. The summed E-state index contributed by atoms with van der Waals surface area (Å²) in [6.45, 7) is 4.46. The molecule has 1 aliphatic rings. The van der Waals surface area contributed by atoms with Gasteiger partial charge in [-0.25, -0.2) is 14.5 Å². The van der Waals surface area contributed by atoms with Gasteiger partial charge in [0.25, 0.3) is 0 Å². The molecule has 1 saturated heterocycles. The first-order chi connectivity index (χ1) is 21.6. The predicted octanol–water partition coefficient (Wildman–Crippen LogP) is 6.87. The van der Waals surface area contributed by atoms with Crippen LogP contribution in [0.2, 0.25) is 0 Å². The number of aromatic nitrogens is 3. The average Bonchev–Trinajstić information content (AvgIpc) is 3.64. The fourth-order valence-corrected chi connectivity index (χ4v) is 5.64. The summed E-state index contributed by atoms with van der Waals surface area (Å²) in [5.74, 6) is 0.332. The first kappa shape index (κ1) is 31.8. The SMILES string of the molecule is CCc1ccc(C)cc1N1C(=O)CSC1=NC(=O)NCCCCc1ccc(-c2ncn(-c3ccc(OC(F)(F)F)cc3)n2)cc1. The monoisotopic (exact) mass is 636 g/mol. The molecule has 9 nitrogen and oxygen atoms in total. The molecule has 13 heteroatoms. The number of amides is 3. The number of nitrogens with one attached hydrogen (secondary N) is 1. The maximum Gasteiger partial charge on any atom is 0.573 e. The number of aliphatic imine (C=N–C) groups is 1. The second-order valence-corrected chi connectivity index (χ2v) is 11.3. The molecule has 45 heavy (non-hydrogen) atoms. The van der Waals surface area contributed by atoms with Crippen molar-refractivity contribution >= 4 is 34.6 Å². The zero-order valence-electron chi connectivity index (χ0n) is 24.7. The molecule has 1 N–H and O–H groups in total. The van der Waals surface area contributed by atoms with Gasteiger partial charge in [-0.2, -0.15) is 4.99 Å². The van der Waals surface area contributed by atoms with Crippen LogP contribution in [0.1, 0.15) is 36.5 Å². The van der Waals surface area contributed by atoms with E-state index >= 15 is 0 Å². The number of thioether (sulfide) groups is 1. The van der Waals surface area contributed by atoms with Gasteiger partial charge in [0.2, 0.25) is 5.91 Å². The van der Waals surface area contributed by atoms with Crippen LogP contribution >= 0.6 is 11.8 Å². The molecule has 0 spiro atoms. The second kappa shape index (κ2) is 14.0. The van der Waals surface area contributed by atoms with Gasteiger partial charge in [-0.15, -0.1) is 18.3 Å². The number of amidine groups is 1. The van der Waals surface area contributed by atoms with E-state index in [1.165, 1.54) is 47.0 Å². The first-order valence-corrected chi connectivity index (χ1v) is 15.4. The number of halogens is 3. The minimum absolute atomic E-state index is 0.0878. The summed E-state index contributed by atoms with van der Waals surface area (Å²) in [5, 5.41) is 7.65. The standard InChI is InChI=1S/C32H31F3N6O3S/c1-3-23-10-7-21(2)18-27(23)41-28(42)19-45-31(41)38-30(43)36-17-5-4-6-22-8-11-24(12-9-22)29-37-20-40(39-29)25-13-15-26(16-14-25)44-32(33,34)35/h7-16,18,20H,3-6,17,19H2,1-2H3,(H,36,43). The van der Waals surface area contributed by atoms with Crippen molar-refractivity contribution in [2.45, 2.75) is 45.9 Å². The largest absolute Gasteiger partial charge is 0.573 e. The summed E-state index contributed by atoms with van der Waals surface area (Å²) in [7, 11) is 0. The van der Waals surface area contributed by atoms with Gasteiger partial charge >= 0.3 is 12.4 Å². The molecule has 0 bridgehead atoms. The van der Waals surface area contributed by atoms with Crippen molar-refractivity contribution in [3.8, 4) is 22.8 Å². The third-order valence-electron chi connectivity index (χ3n) is 7.03. The highest BCUT2D eigenvalue weighted by Crippen LogP contribution is 2.31. The van der Waals surface area contributed by atoms with Crippen molar-refractivity contribution in [3.63, 3.8) is 0 Å². The Morgan fingerprint density at radius 3 is 2.53 bits per heavy atom. The Morgan fingerprint density at radius 1 is 1.07 bits per heavy atom. The topological polar surface area (TPSA) is 102 Å². The van der Waals surface area contributed by atoms with Crippen LogP contribution in [0.5, 0.6) is 5.75 Å². The number of aryl methyl sites for hydroxylation is 3. The third-order valence-corrected chi connectivity index (χ3v) is 7.96. The molecule has 1 aromatic heterocycles. The van der Waals surface area contributed by atoms with Crippen molar-refractivity contribution in [1.82, 2.24) is 20.1 Å². The number of nitrogens with zero attached hydrogens (tertiary/aromatic N) is 5. The Morgan fingerprint density at radius 2 is 1.82 bits per heavy atom. The number of anilines is 1. The number of urea groups is 1. The predicted molar refractivity (Wildman–Crippen MR) is 168 cm³/mol.